The van der Waals surface area contributed by atoms with Gasteiger partial charge in [-0.2, -0.15) is 13.1 Å². The van der Waals surface area contributed by atoms with Crippen molar-refractivity contribution in [1.82, 2.24) is 4.31 Å². The van der Waals surface area contributed by atoms with E-state index in [-0.39, 0.29) is 35.2 Å². The molecule has 0 saturated carbocycles. The van der Waals surface area contributed by atoms with Crippen LogP contribution in [-0.2, 0) is 19.5 Å². The Balaban J connectivity index is 1.49. The Kier molecular flexibility index (Phi) is 8.42. The summed E-state index contributed by atoms with van der Waals surface area (Å²) in [5, 5.41) is 0. The summed E-state index contributed by atoms with van der Waals surface area (Å²) in [5.74, 6) is -0.533. The summed E-state index contributed by atoms with van der Waals surface area (Å²) in [6.07, 6.45) is 0. The molecule has 0 N–H and O–H groups in total. The minimum absolute atomic E-state index is 0.0189. The maximum atomic E-state index is 12.6. The lowest BCUT2D eigenvalue weighted by Crippen LogP contribution is -2.40. The van der Waals surface area contributed by atoms with Crippen LogP contribution in [0.1, 0.15) is 10.4 Å². The minimum Gasteiger partial charge on any atom is -0.493 e. The summed E-state index contributed by atoms with van der Waals surface area (Å²) < 4.78 is 76.4. The Hall–Kier alpha value is -2.96. The first-order valence-corrected chi connectivity index (χ1v) is 11.4. The van der Waals surface area contributed by atoms with Gasteiger partial charge < -0.3 is 23.7 Å². The largest absolute Gasteiger partial charge is 0.493 e. The van der Waals surface area contributed by atoms with Gasteiger partial charge in [-0.3, -0.25) is 0 Å². The number of methoxy groups -OCH3 is 1. The van der Waals surface area contributed by atoms with Crippen LogP contribution in [0.15, 0.2) is 47.4 Å². The zero-order valence-electron chi connectivity index (χ0n) is 17.7. The maximum absolute atomic E-state index is 12.6. The number of hydrogen-bond acceptors (Lipinski definition) is 8. The van der Waals surface area contributed by atoms with Gasteiger partial charge in [0, 0.05) is 13.1 Å². The first kappa shape index (κ1) is 24.7. The van der Waals surface area contributed by atoms with Crippen LogP contribution in [0.5, 0.6) is 17.2 Å². The molecule has 0 atom stereocenters. The predicted molar refractivity (Wildman–Crippen MR) is 111 cm³/mol. The number of carbonyl (C=O) groups excluding carboxylic acids is 1. The van der Waals surface area contributed by atoms with Gasteiger partial charge in [-0.1, -0.05) is 0 Å². The molecular weight excluding hydrogens is 464 g/mol. The molecule has 0 amide bonds. The predicted octanol–water partition coefficient (Wildman–Crippen LogP) is 2.55. The quantitative estimate of drug-likeness (QED) is 0.372. The molecule has 1 saturated heterocycles. The molecule has 180 valence electrons. The highest BCUT2D eigenvalue weighted by Gasteiger charge is 2.26. The molecule has 2 aromatic carbocycles. The fourth-order valence-corrected chi connectivity index (χ4v) is 4.42. The van der Waals surface area contributed by atoms with Gasteiger partial charge in [-0.15, -0.1) is 0 Å². The SMILES string of the molecule is COc1cc(C(=O)OCCOc2ccc(S(=O)(=O)N3CCOCC3)cc2)ccc1OC(F)F. The van der Waals surface area contributed by atoms with Crippen LogP contribution in [-0.4, -0.2) is 71.9 Å². The van der Waals surface area contributed by atoms with Crippen molar-refractivity contribution in [2.24, 2.45) is 0 Å². The Morgan fingerprint density at radius 3 is 2.39 bits per heavy atom. The number of halogens is 2. The molecule has 33 heavy (non-hydrogen) atoms. The third kappa shape index (κ3) is 6.53. The van der Waals surface area contributed by atoms with Crippen molar-refractivity contribution in [3.63, 3.8) is 0 Å². The Bertz CT molecular complexity index is 1040. The number of esters is 1. The normalized spacial score (nSPS) is 14.7. The number of morpholine rings is 1. The average Bonchev–Trinajstić information content (AvgIpc) is 2.82. The van der Waals surface area contributed by atoms with Crippen molar-refractivity contribution in [1.29, 1.82) is 0 Å². The summed E-state index contributed by atoms with van der Waals surface area (Å²) in [6.45, 7) is -1.77. The standard InChI is InChI=1S/C21H23F2NO8S/c1-28-19-14-15(2-7-18(19)32-21(22)23)20(25)31-13-12-30-16-3-5-17(6-4-16)33(26,27)24-8-10-29-11-9-24/h2-7,14,21H,8-13H2,1H3. The topological polar surface area (TPSA) is 101 Å². The van der Waals surface area contributed by atoms with Crippen LogP contribution >= 0.6 is 0 Å². The Morgan fingerprint density at radius 1 is 1.06 bits per heavy atom. The van der Waals surface area contributed by atoms with Crippen molar-refractivity contribution in [2.75, 3.05) is 46.6 Å². The molecule has 0 bridgehead atoms. The van der Waals surface area contributed by atoms with Crippen molar-refractivity contribution in [3.05, 3.63) is 48.0 Å². The summed E-state index contributed by atoms with van der Waals surface area (Å²) in [6, 6.07) is 9.61. The van der Waals surface area contributed by atoms with E-state index in [0.717, 1.165) is 0 Å². The first-order chi connectivity index (χ1) is 15.8. The molecule has 1 fully saturated rings. The second-order valence-corrected chi connectivity index (χ2v) is 8.65. The number of benzene rings is 2. The molecule has 0 spiro atoms. The van der Waals surface area contributed by atoms with Crippen LogP contribution in [0, 0.1) is 0 Å². The van der Waals surface area contributed by atoms with E-state index in [1.54, 1.807) is 0 Å². The van der Waals surface area contributed by atoms with Crippen LogP contribution in [0.3, 0.4) is 0 Å². The molecule has 0 radical (unpaired) electrons. The number of nitrogens with zero attached hydrogens (tertiary/aromatic N) is 1. The highest BCUT2D eigenvalue weighted by Crippen LogP contribution is 2.29. The van der Waals surface area contributed by atoms with Gasteiger partial charge in [0.25, 0.3) is 0 Å². The lowest BCUT2D eigenvalue weighted by atomic mass is 10.2. The molecule has 1 aliphatic rings. The number of alkyl halides is 2. The zero-order chi connectivity index (χ0) is 23.8. The zero-order valence-corrected chi connectivity index (χ0v) is 18.6. The third-order valence-corrected chi connectivity index (χ3v) is 6.55. The van der Waals surface area contributed by atoms with E-state index >= 15 is 0 Å². The summed E-state index contributed by atoms with van der Waals surface area (Å²) in [7, 11) is -2.34. The smallest absolute Gasteiger partial charge is 0.387 e. The van der Waals surface area contributed by atoms with Crippen molar-refractivity contribution in [3.8, 4) is 17.2 Å². The van der Waals surface area contributed by atoms with E-state index in [4.69, 9.17) is 18.9 Å². The third-order valence-electron chi connectivity index (χ3n) is 4.63. The number of carbonyl (C=O) groups is 1. The Morgan fingerprint density at radius 2 is 1.76 bits per heavy atom. The molecular formula is C21H23F2NO8S. The van der Waals surface area contributed by atoms with Crippen molar-refractivity contribution >= 4 is 16.0 Å². The Labute approximate surface area is 189 Å². The van der Waals surface area contributed by atoms with Crippen LogP contribution in [0.25, 0.3) is 0 Å². The average molecular weight is 487 g/mol. The highest BCUT2D eigenvalue weighted by molar-refractivity contribution is 7.89. The molecule has 0 aliphatic carbocycles. The monoisotopic (exact) mass is 487 g/mol. The van der Waals surface area contributed by atoms with E-state index in [0.29, 0.717) is 32.1 Å². The van der Waals surface area contributed by atoms with Gasteiger partial charge in [-0.25, -0.2) is 13.2 Å². The van der Waals surface area contributed by atoms with Crippen molar-refractivity contribution < 1.29 is 45.7 Å². The number of rotatable bonds is 10. The molecule has 1 heterocycles. The lowest BCUT2D eigenvalue weighted by molar-refractivity contribution is -0.0512. The molecule has 0 unspecified atom stereocenters. The van der Waals surface area contributed by atoms with E-state index < -0.39 is 22.6 Å². The van der Waals surface area contributed by atoms with Crippen molar-refractivity contribution in [2.45, 2.75) is 11.5 Å². The van der Waals surface area contributed by atoms with Gasteiger partial charge in [0.2, 0.25) is 10.0 Å². The number of ether oxygens (including phenoxy) is 5. The van der Waals surface area contributed by atoms with Gasteiger partial charge in [0.1, 0.15) is 19.0 Å². The number of hydrogen-bond donors (Lipinski definition) is 0. The molecule has 1 aliphatic heterocycles. The minimum atomic E-state index is -3.59. The van der Waals surface area contributed by atoms with E-state index in [1.165, 1.54) is 53.9 Å². The maximum Gasteiger partial charge on any atom is 0.387 e. The fourth-order valence-electron chi connectivity index (χ4n) is 3.01. The van der Waals surface area contributed by atoms with Gasteiger partial charge in [0.15, 0.2) is 11.5 Å². The van der Waals surface area contributed by atoms with Gasteiger partial charge in [0.05, 0.1) is 30.8 Å². The fraction of sp³-hybridized carbons (Fsp3) is 0.381. The molecule has 2 aromatic rings. The molecule has 0 aromatic heterocycles. The molecule has 12 heteroatoms. The van der Waals surface area contributed by atoms with Crippen LogP contribution < -0.4 is 14.2 Å². The van der Waals surface area contributed by atoms with Gasteiger partial charge >= 0.3 is 12.6 Å². The summed E-state index contributed by atoms with van der Waals surface area (Å²) in [4.78, 5) is 12.3. The molecule has 3 rings (SSSR count). The lowest BCUT2D eigenvalue weighted by Gasteiger charge is -2.26. The summed E-state index contributed by atoms with van der Waals surface area (Å²) >= 11 is 0. The number of sulfonamides is 1. The molecule has 9 nitrogen and oxygen atoms in total. The first-order valence-electron chi connectivity index (χ1n) is 9.92. The van der Waals surface area contributed by atoms with E-state index in [1.807, 2.05) is 0 Å². The van der Waals surface area contributed by atoms with E-state index in [2.05, 4.69) is 4.74 Å². The van der Waals surface area contributed by atoms with Crippen LogP contribution in [0.2, 0.25) is 0 Å². The summed E-state index contributed by atoms with van der Waals surface area (Å²) in [5.41, 5.74) is 0.0890. The highest BCUT2D eigenvalue weighted by atomic mass is 32.2. The van der Waals surface area contributed by atoms with Gasteiger partial charge in [-0.05, 0) is 42.5 Å². The second kappa shape index (κ2) is 11.3. The second-order valence-electron chi connectivity index (χ2n) is 6.72. The van der Waals surface area contributed by atoms with E-state index in [9.17, 15) is 22.0 Å². The van der Waals surface area contributed by atoms with Crippen LogP contribution in [0.4, 0.5) is 8.78 Å².